The van der Waals surface area contributed by atoms with Crippen LogP contribution in [0.3, 0.4) is 0 Å². The third-order valence-electron chi connectivity index (χ3n) is 3.29. The molecule has 0 spiro atoms. The fourth-order valence-electron chi connectivity index (χ4n) is 2.14. The van der Waals surface area contributed by atoms with Crippen LogP contribution in [0.5, 0.6) is 0 Å². The Bertz CT molecular complexity index is 577. The molecular weight excluding hydrogens is 258 g/mol. The first-order chi connectivity index (χ1) is 9.51. The zero-order chi connectivity index (χ0) is 14.7. The Hall–Kier alpha value is -2.17. The van der Waals surface area contributed by atoms with Crippen LogP contribution in [0.2, 0.25) is 0 Å². The largest absolute Gasteiger partial charge is 0.482 e. The SMILES string of the molecule is COC1=NOC(CC(=O)c2ccc(C(C)=O)cc2C)C1. The second kappa shape index (κ2) is 5.86. The minimum Gasteiger partial charge on any atom is -0.482 e. The fraction of sp³-hybridized carbons (Fsp3) is 0.400. The molecule has 1 unspecified atom stereocenters. The van der Waals surface area contributed by atoms with Crippen molar-refractivity contribution >= 4 is 17.5 Å². The average molecular weight is 275 g/mol. The van der Waals surface area contributed by atoms with Crippen LogP contribution in [0, 0.1) is 6.92 Å². The molecule has 1 atom stereocenters. The summed E-state index contributed by atoms with van der Waals surface area (Å²) in [5.41, 5.74) is 2.03. The maximum atomic E-state index is 12.2. The van der Waals surface area contributed by atoms with Gasteiger partial charge < -0.3 is 9.57 Å². The number of ether oxygens (including phenoxy) is 1. The Labute approximate surface area is 117 Å². The summed E-state index contributed by atoms with van der Waals surface area (Å²) in [7, 11) is 1.52. The lowest BCUT2D eigenvalue weighted by molar-refractivity contribution is 0.0657. The Morgan fingerprint density at radius 2 is 2.20 bits per heavy atom. The van der Waals surface area contributed by atoms with Crippen molar-refractivity contribution in [3.05, 3.63) is 34.9 Å². The Balaban J connectivity index is 2.05. The molecule has 0 bridgehead atoms. The lowest BCUT2D eigenvalue weighted by atomic mass is 9.97. The van der Waals surface area contributed by atoms with Crippen molar-refractivity contribution in [2.45, 2.75) is 32.8 Å². The highest BCUT2D eigenvalue weighted by Crippen LogP contribution is 2.19. The molecule has 1 aliphatic heterocycles. The highest BCUT2D eigenvalue weighted by molar-refractivity contribution is 6.00. The number of Topliss-reactive ketones (excluding diaryl/α,β-unsaturated/α-hetero) is 2. The molecule has 0 N–H and O–H groups in total. The second-order valence-corrected chi connectivity index (χ2v) is 4.83. The van der Waals surface area contributed by atoms with E-state index in [-0.39, 0.29) is 24.1 Å². The molecule has 106 valence electrons. The van der Waals surface area contributed by atoms with Crippen molar-refractivity contribution < 1.29 is 19.2 Å². The summed E-state index contributed by atoms with van der Waals surface area (Å²) in [6.45, 7) is 3.33. The monoisotopic (exact) mass is 275 g/mol. The van der Waals surface area contributed by atoms with Gasteiger partial charge in [0.05, 0.1) is 20.0 Å². The summed E-state index contributed by atoms with van der Waals surface area (Å²) in [5.74, 6) is 0.478. The van der Waals surface area contributed by atoms with Gasteiger partial charge in [-0.15, -0.1) is 0 Å². The van der Waals surface area contributed by atoms with Crippen LogP contribution in [0.15, 0.2) is 23.4 Å². The van der Waals surface area contributed by atoms with E-state index in [1.807, 2.05) is 6.92 Å². The number of methoxy groups -OCH3 is 1. The summed E-state index contributed by atoms with van der Waals surface area (Å²) in [6, 6.07) is 5.11. The Morgan fingerprint density at radius 3 is 2.75 bits per heavy atom. The van der Waals surface area contributed by atoms with Crippen LogP contribution in [-0.4, -0.2) is 30.7 Å². The number of aryl methyl sites for hydroxylation is 1. The van der Waals surface area contributed by atoms with Crippen molar-refractivity contribution in [2.75, 3.05) is 7.11 Å². The molecule has 1 aromatic rings. The summed E-state index contributed by atoms with van der Waals surface area (Å²) in [6.07, 6.45) is 0.480. The number of hydrogen-bond donors (Lipinski definition) is 0. The second-order valence-electron chi connectivity index (χ2n) is 4.83. The number of carbonyl (C=O) groups is 2. The zero-order valence-electron chi connectivity index (χ0n) is 11.8. The van der Waals surface area contributed by atoms with Crippen molar-refractivity contribution in [1.82, 2.24) is 0 Å². The van der Waals surface area contributed by atoms with Crippen molar-refractivity contribution in [1.29, 1.82) is 0 Å². The lowest BCUT2D eigenvalue weighted by Crippen LogP contribution is -2.15. The third kappa shape index (κ3) is 3.04. The van der Waals surface area contributed by atoms with E-state index in [9.17, 15) is 9.59 Å². The summed E-state index contributed by atoms with van der Waals surface area (Å²) in [5, 5.41) is 3.74. The maximum Gasteiger partial charge on any atom is 0.229 e. The van der Waals surface area contributed by atoms with E-state index in [0.717, 1.165) is 5.56 Å². The highest BCUT2D eigenvalue weighted by atomic mass is 16.7. The lowest BCUT2D eigenvalue weighted by Gasteiger charge is -2.09. The number of nitrogens with zero attached hydrogens (tertiary/aromatic N) is 1. The van der Waals surface area contributed by atoms with E-state index < -0.39 is 0 Å². The molecule has 0 radical (unpaired) electrons. The van der Waals surface area contributed by atoms with Gasteiger partial charge in [-0.3, -0.25) is 9.59 Å². The van der Waals surface area contributed by atoms with E-state index >= 15 is 0 Å². The molecule has 0 saturated carbocycles. The molecule has 5 nitrogen and oxygen atoms in total. The molecule has 0 aliphatic carbocycles. The average Bonchev–Trinajstić information content (AvgIpc) is 2.85. The molecule has 20 heavy (non-hydrogen) atoms. The fourth-order valence-corrected chi connectivity index (χ4v) is 2.14. The molecule has 0 amide bonds. The topological polar surface area (TPSA) is 65.0 Å². The van der Waals surface area contributed by atoms with Gasteiger partial charge >= 0.3 is 0 Å². The van der Waals surface area contributed by atoms with Crippen LogP contribution < -0.4 is 0 Å². The van der Waals surface area contributed by atoms with Gasteiger partial charge in [-0.2, -0.15) is 0 Å². The molecule has 1 heterocycles. The summed E-state index contributed by atoms with van der Waals surface area (Å²) >= 11 is 0. The molecule has 0 fully saturated rings. The third-order valence-corrected chi connectivity index (χ3v) is 3.29. The van der Waals surface area contributed by atoms with Gasteiger partial charge in [-0.25, -0.2) is 0 Å². The normalized spacial score (nSPS) is 17.4. The minimum absolute atomic E-state index is 0.00985. The molecule has 0 saturated heterocycles. The predicted molar refractivity (Wildman–Crippen MR) is 74.1 cm³/mol. The van der Waals surface area contributed by atoms with Gasteiger partial charge in [0, 0.05) is 11.1 Å². The van der Waals surface area contributed by atoms with E-state index in [1.165, 1.54) is 14.0 Å². The highest BCUT2D eigenvalue weighted by Gasteiger charge is 2.25. The van der Waals surface area contributed by atoms with Gasteiger partial charge in [0.25, 0.3) is 0 Å². The Morgan fingerprint density at radius 1 is 1.45 bits per heavy atom. The van der Waals surface area contributed by atoms with Gasteiger partial charge in [0.2, 0.25) is 5.90 Å². The minimum atomic E-state index is -0.274. The standard InChI is InChI=1S/C15H17NO4/c1-9-6-11(10(2)17)4-5-13(9)14(18)7-12-8-15(19-3)16-20-12/h4-6,12H,7-8H2,1-3H3. The first-order valence-corrected chi connectivity index (χ1v) is 6.42. The molecule has 1 aromatic carbocycles. The molecule has 2 rings (SSSR count). The molecular formula is C15H17NO4. The first kappa shape index (κ1) is 14.2. The van der Waals surface area contributed by atoms with Crippen LogP contribution in [0.1, 0.15) is 46.0 Å². The zero-order valence-corrected chi connectivity index (χ0v) is 11.8. The first-order valence-electron chi connectivity index (χ1n) is 6.42. The number of oxime groups is 1. The van der Waals surface area contributed by atoms with Crippen LogP contribution in [0.4, 0.5) is 0 Å². The van der Waals surface area contributed by atoms with E-state index in [2.05, 4.69) is 5.16 Å². The predicted octanol–water partition coefficient (Wildman–Crippen LogP) is 2.52. The van der Waals surface area contributed by atoms with Crippen LogP contribution in [-0.2, 0) is 9.57 Å². The van der Waals surface area contributed by atoms with Gasteiger partial charge in [0.1, 0.15) is 6.10 Å². The number of ketones is 2. The van der Waals surface area contributed by atoms with Crippen molar-refractivity contribution in [2.24, 2.45) is 5.16 Å². The molecule has 0 aromatic heterocycles. The maximum absolute atomic E-state index is 12.2. The number of hydrogen-bond acceptors (Lipinski definition) is 5. The van der Waals surface area contributed by atoms with Gasteiger partial charge in [-0.05, 0) is 25.5 Å². The summed E-state index contributed by atoms with van der Waals surface area (Å²) < 4.78 is 4.97. The number of benzene rings is 1. The van der Waals surface area contributed by atoms with E-state index in [1.54, 1.807) is 18.2 Å². The molecule has 1 aliphatic rings. The molecule has 5 heteroatoms. The van der Waals surface area contributed by atoms with Gasteiger partial charge in [0.15, 0.2) is 11.6 Å². The Kier molecular flexibility index (Phi) is 4.17. The van der Waals surface area contributed by atoms with Crippen molar-refractivity contribution in [3.63, 3.8) is 0 Å². The van der Waals surface area contributed by atoms with Crippen LogP contribution in [0.25, 0.3) is 0 Å². The quantitative estimate of drug-likeness (QED) is 0.792. The summed E-state index contributed by atoms with van der Waals surface area (Å²) in [4.78, 5) is 28.7. The van der Waals surface area contributed by atoms with Crippen LogP contribution >= 0.6 is 0 Å². The van der Waals surface area contributed by atoms with E-state index in [0.29, 0.717) is 23.4 Å². The van der Waals surface area contributed by atoms with Crippen molar-refractivity contribution in [3.8, 4) is 0 Å². The van der Waals surface area contributed by atoms with Gasteiger partial charge in [-0.1, -0.05) is 17.3 Å². The number of rotatable bonds is 4. The smallest absolute Gasteiger partial charge is 0.229 e. The number of carbonyl (C=O) groups excluding carboxylic acids is 2. The van der Waals surface area contributed by atoms with E-state index in [4.69, 9.17) is 9.57 Å².